The van der Waals surface area contributed by atoms with E-state index in [4.69, 9.17) is 10.9 Å². The van der Waals surface area contributed by atoms with E-state index in [9.17, 15) is 0 Å². The summed E-state index contributed by atoms with van der Waals surface area (Å²) in [5.74, 6) is 0.0902. The zero-order valence-corrected chi connectivity index (χ0v) is 12.7. The largest absolute Gasteiger partial charge is 0.409 e. The Kier molecular flexibility index (Phi) is 4.63. The Morgan fingerprint density at radius 2 is 1.90 bits per heavy atom. The summed E-state index contributed by atoms with van der Waals surface area (Å²) < 4.78 is 0.796. The molecule has 0 saturated heterocycles. The number of amidine groups is 1. The highest BCUT2D eigenvalue weighted by Gasteiger charge is 2.14. The molecule has 0 aliphatic carbocycles. The fourth-order valence-electron chi connectivity index (χ4n) is 2.08. The van der Waals surface area contributed by atoms with E-state index in [1.54, 1.807) is 0 Å². The molecule has 20 heavy (non-hydrogen) atoms. The first-order chi connectivity index (χ1) is 9.63. The molecule has 2 rings (SSSR count). The molecule has 0 radical (unpaired) electrons. The predicted octanol–water partition coefficient (Wildman–Crippen LogP) is 3.18. The molecule has 0 saturated carbocycles. The summed E-state index contributed by atoms with van der Waals surface area (Å²) in [5.41, 5.74) is 8.56. The molecule has 0 amide bonds. The fraction of sp³-hybridized carbons (Fsp3) is 0.133. The van der Waals surface area contributed by atoms with Crippen molar-refractivity contribution in [3.8, 4) is 0 Å². The first-order valence-corrected chi connectivity index (χ1v) is 6.94. The van der Waals surface area contributed by atoms with Crippen molar-refractivity contribution in [2.75, 3.05) is 11.9 Å². The van der Waals surface area contributed by atoms with Gasteiger partial charge in [-0.15, -0.1) is 0 Å². The Bertz CT molecular complexity index is 614. The number of nitrogens with two attached hydrogens (primary N) is 1. The SMILES string of the molecule is CN(Cc1ccccc1)c1cccc(Br)c1/C(N)=N/O. The van der Waals surface area contributed by atoms with Gasteiger partial charge in [0.15, 0.2) is 5.84 Å². The second-order valence-electron chi connectivity index (χ2n) is 4.46. The van der Waals surface area contributed by atoms with E-state index < -0.39 is 0 Å². The summed E-state index contributed by atoms with van der Waals surface area (Å²) in [6.45, 7) is 0.739. The molecule has 0 aromatic heterocycles. The molecular weight excluding hydrogens is 318 g/mol. The van der Waals surface area contributed by atoms with Crippen LogP contribution < -0.4 is 10.6 Å². The summed E-state index contributed by atoms with van der Waals surface area (Å²) in [7, 11) is 1.98. The van der Waals surface area contributed by atoms with Gasteiger partial charge in [0.2, 0.25) is 0 Å². The van der Waals surface area contributed by atoms with E-state index in [0.717, 1.165) is 16.7 Å². The fourth-order valence-corrected chi connectivity index (χ4v) is 2.64. The van der Waals surface area contributed by atoms with Crippen molar-refractivity contribution in [2.45, 2.75) is 6.54 Å². The number of anilines is 1. The minimum atomic E-state index is 0.0902. The average Bonchev–Trinajstić information content (AvgIpc) is 2.47. The van der Waals surface area contributed by atoms with Crippen LogP contribution in [0.5, 0.6) is 0 Å². The van der Waals surface area contributed by atoms with Gasteiger partial charge in [-0.1, -0.05) is 41.6 Å². The van der Waals surface area contributed by atoms with E-state index in [1.165, 1.54) is 5.56 Å². The number of oxime groups is 1. The van der Waals surface area contributed by atoms with Crippen molar-refractivity contribution in [3.05, 3.63) is 64.1 Å². The van der Waals surface area contributed by atoms with Crippen LogP contribution in [0.15, 0.2) is 58.2 Å². The standard InChI is InChI=1S/C15H16BrN3O/c1-19(10-11-6-3-2-4-7-11)13-9-5-8-12(16)14(13)15(17)18-20/h2-9,20H,10H2,1H3,(H2,17,18). The van der Waals surface area contributed by atoms with Gasteiger partial charge in [0.05, 0.1) is 5.56 Å². The Morgan fingerprint density at radius 3 is 2.55 bits per heavy atom. The van der Waals surface area contributed by atoms with Gasteiger partial charge in [-0.25, -0.2) is 0 Å². The van der Waals surface area contributed by atoms with Crippen LogP contribution in [0.1, 0.15) is 11.1 Å². The predicted molar refractivity (Wildman–Crippen MR) is 85.2 cm³/mol. The van der Waals surface area contributed by atoms with Crippen molar-refractivity contribution in [2.24, 2.45) is 10.9 Å². The lowest BCUT2D eigenvalue weighted by Gasteiger charge is -2.23. The molecule has 0 aliphatic rings. The number of hydrogen-bond donors (Lipinski definition) is 2. The van der Waals surface area contributed by atoms with E-state index in [0.29, 0.717) is 5.56 Å². The van der Waals surface area contributed by atoms with Crippen molar-refractivity contribution in [3.63, 3.8) is 0 Å². The topological polar surface area (TPSA) is 61.8 Å². The lowest BCUT2D eigenvalue weighted by molar-refractivity contribution is 0.318. The Morgan fingerprint density at radius 1 is 1.20 bits per heavy atom. The van der Waals surface area contributed by atoms with Crippen molar-refractivity contribution in [1.82, 2.24) is 0 Å². The first kappa shape index (κ1) is 14.4. The van der Waals surface area contributed by atoms with Crippen LogP contribution >= 0.6 is 15.9 Å². The van der Waals surface area contributed by atoms with Gasteiger partial charge < -0.3 is 15.8 Å². The number of hydrogen-bond acceptors (Lipinski definition) is 3. The number of nitrogens with zero attached hydrogens (tertiary/aromatic N) is 2. The molecule has 0 aliphatic heterocycles. The van der Waals surface area contributed by atoms with Crippen LogP contribution in [0, 0.1) is 0 Å². The molecule has 2 aromatic carbocycles. The maximum Gasteiger partial charge on any atom is 0.173 e. The second-order valence-corrected chi connectivity index (χ2v) is 5.32. The molecule has 0 bridgehead atoms. The van der Waals surface area contributed by atoms with Gasteiger partial charge in [-0.3, -0.25) is 0 Å². The van der Waals surface area contributed by atoms with Crippen LogP contribution in [0.3, 0.4) is 0 Å². The van der Waals surface area contributed by atoms with E-state index in [-0.39, 0.29) is 5.84 Å². The van der Waals surface area contributed by atoms with Gasteiger partial charge in [0.1, 0.15) is 0 Å². The summed E-state index contributed by atoms with van der Waals surface area (Å²) in [6.07, 6.45) is 0. The molecule has 0 spiro atoms. The quantitative estimate of drug-likeness (QED) is 0.391. The van der Waals surface area contributed by atoms with Crippen molar-refractivity contribution >= 4 is 27.5 Å². The molecule has 5 heteroatoms. The van der Waals surface area contributed by atoms with E-state index in [2.05, 4.69) is 38.1 Å². The third-order valence-corrected chi connectivity index (χ3v) is 3.69. The van der Waals surface area contributed by atoms with Gasteiger partial charge in [-0.05, 0) is 33.6 Å². The Balaban J connectivity index is 2.35. The van der Waals surface area contributed by atoms with Crippen LogP contribution in [-0.2, 0) is 6.54 Å². The molecule has 0 unspecified atom stereocenters. The lowest BCUT2D eigenvalue weighted by atomic mass is 10.1. The monoisotopic (exact) mass is 333 g/mol. The maximum atomic E-state index is 8.93. The summed E-state index contributed by atoms with van der Waals surface area (Å²) in [6, 6.07) is 15.9. The van der Waals surface area contributed by atoms with Crippen molar-refractivity contribution < 1.29 is 5.21 Å². The van der Waals surface area contributed by atoms with E-state index in [1.807, 2.05) is 43.4 Å². The van der Waals surface area contributed by atoms with Crippen LogP contribution in [0.4, 0.5) is 5.69 Å². The third kappa shape index (κ3) is 3.11. The van der Waals surface area contributed by atoms with Crippen LogP contribution in [0.25, 0.3) is 0 Å². The van der Waals surface area contributed by atoms with Gasteiger partial charge in [-0.2, -0.15) is 0 Å². The average molecular weight is 334 g/mol. The molecule has 0 atom stereocenters. The zero-order chi connectivity index (χ0) is 14.5. The third-order valence-electron chi connectivity index (χ3n) is 3.03. The number of rotatable bonds is 4. The molecule has 3 N–H and O–H groups in total. The second kappa shape index (κ2) is 6.43. The van der Waals surface area contributed by atoms with Gasteiger partial charge >= 0.3 is 0 Å². The first-order valence-electron chi connectivity index (χ1n) is 6.15. The Hall–Kier alpha value is -2.01. The smallest absolute Gasteiger partial charge is 0.173 e. The van der Waals surface area contributed by atoms with Gasteiger partial charge in [0.25, 0.3) is 0 Å². The highest BCUT2D eigenvalue weighted by molar-refractivity contribution is 9.10. The maximum absolute atomic E-state index is 8.93. The molecule has 0 heterocycles. The zero-order valence-electron chi connectivity index (χ0n) is 11.1. The Labute approximate surface area is 126 Å². The number of halogens is 1. The molecule has 0 fully saturated rings. The van der Waals surface area contributed by atoms with Crippen LogP contribution in [-0.4, -0.2) is 18.1 Å². The van der Waals surface area contributed by atoms with E-state index >= 15 is 0 Å². The molecule has 2 aromatic rings. The summed E-state index contributed by atoms with van der Waals surface area (Å²) >= 11 is 3.44. The highest BCUT2D eigenvalue weighted by Crippen LogP contribution is 2.28. The van der Waals surface area contributed by atoms with Crippen LogP contribution in [0.2, 0.25) is 0 Å². The van der Waals surface area contributed by atoms with Crippen molar-refractivity contribution in [1.29, 1.82) is 0 Å². The minimum Gasteiger partial charge on any atom is -0.409 e. The summed E-state index contributed by atoms with van der Waals surface area (Å²) in [4.78, 5) is 2.06. The normalized spacial score (nSPS) is 11.4. The molecule has 104 valence electrons. The minimum absolute atomic E-state index is 0.0902. The molecule has 4 nitrogen and oxygen atoms in total. The highest BCUT2D eigenvalue weighted by atomic mass is 79.9. The lowest BCUT2D eigenvalue weighted by Crippen LogP contribution is -2.23. The van der Waals surface area contributed by atoms with Gasteiger partial charge in [0, 0.05) is 23.8 Å². The summed E-state index contributed by atoms with van der Waals surface area (Å²) in [5, 5.41) is 12.0. The number of benzene rings is 2. The molecular formula is C15H16BrN3O.